The van der Waals surface area contributed by atoms with Crippen molar-refractivity contribution in [2.75, 3.05) is 39.5 Å². The highest BCUT2D eigenvalue weighted by atomic mass is 19.4. The second-order valence-corrected chi connectivity index (χ2v) is 16.8. The summed E-state index contributed by atoms with van der Waals surface area (Å²) in [5, 5.41) is 3.21. The molecule has 3 aromatic rings. The predicted octanol–water partition coefficient (Wildman–Crippen LogP) is 6.36. The first-order valence-electron chi connectivity index (χ1n) is 18.8. The molecule has 284 valence electrons. The van der Waals surface area contributed by atoms with Crippen molar-refractivity contribution in [1.29, 1.82) is 0 Å². The molecule has 0 radical (unpaired) electrons. The zero-order valence-electron chi connectivity index (χ0n) is 30.9. The number of likely N-dealkylation sites (tertiary alicyclic amines) is 1. The number of aromatic nitrogens is 3. The van der Waals surface area contributed by atoms with Crippen LogP contribution in [0.1, 0.15) is 100 Å². The summed E-state index contributed by atoms with van der Waals surface area (Å²) in [5.74, 6) is 1.56. The van der Waals surface area contributed by atoms with E-state index in [1.807, 2.05) is 58.0 Å². The topological polar surface area (TPSA) is 117 Å². The third-order valence-electron chi connectivity index (χ3n) is 12.1. The summed E-state index contributed by atoms with van der Waals surface area (Å²) in [6.45, 7) is 12.8. The molecule has 10 nitrogen and oxygen atoms in total. The van der Waals surface area contributed by atoms with Crippen molar-refractivity contribution in [3.05, 3.63) is 53.5 Å². The maximum absolute atomic E-state index is 13.6. The number of hydrogen-bond donors (Lipinski definition) is 2. The van der Waals surface area contributed by atoms with E-state index in [4.69, 9.17) is 29.9 Å². The van der Waals surface area contributed by atoms with Gasteiger partial charge in [0.05, 0.1) is 60.0 Å². The summed E-state index contributed by atoms with van der Waals surface area (Å²) in [6, 6.07) is 11.5. The molecule has 2 unspecified atom stereocenters. The van der Waals surface area contributed by atoms with E-state index in [0.29, 0.717) is 50.7 Å². The lowest BCUT2D eigenvalue weighted by Gasteiger charge is -2.70. The average Bonchev–Trinajstić information content (AvgIpc) is 3.39. The van der Waals surface area contributed by atoms with Gasteiger partial charge in [-0.05, 0) is 103 Å². The molecule has 4 heterocycles. The van der Waals surface area contributed by atoms with Crippen molar-refractivity contribution in [3.63, 3.8) is 0 Å². The van der Waals surface area contributed by atoms with Gasteiger partial charge in [0.2, 0.25) is 5.88 Å². The Balaban J connectivity index is 0.981. The van der Waals surface area contributed by atoms with Crippen molar-refractivity contribution in [3.8, 4) is 5.88 Å². The Morgan fingerprint density at radius 1 is 1.08 bits per heavy atom. The number of nitrogens with one attached hydrogen (secondary N) is 1. The van der Waals surface area contributed by atoms with Crippen molar-refractivity contribution in [2.24, 2.45) is 16.6 Å². The fourth-order valence-electron chi connectivity index (χ4n) is 8.26. The lowest BCUT2D eigenvalue weighted by Crippen LogP contribution is -2.69. The van der Waals surface area contributed by atoms with Crippen LogP contribution in [0.4, 0.5) is 13.2 Å². The molecule has 8 rings (SSSR count). The monoisotopic (exact) mass is 726 g/mol. The van der Waals surface area contributed by atoms with Crippen LogP contribution in [0.3, 0.4) is 0 Å². The summed E-state index contributed by atoms with van der Waals surface area (Å²) >= 11 is 0. The molecule has 3 aliphatic carbocycles. The Bertz CT molecular complexity index is 1750. The van der Waals surface area contributed by atoms with Gasteiger partial charge in [-0.1, -0.05) is 13.0 Å². The minimum atomic E-state index is -4.11. The molecule has 3 saturated carbocycles. The van der Waals surface area contributed by atoms with Crippen LogP contribution < -0.4 is 15.8 Å². The Hall–Kier alpha value is -3.26. The molecule has 2 saturated heterocycles. The van der Waals surface area contributed by atoms with E-state index in [-0.39, 0.29) is 42.6 Å². The zero-order chi connectivity index (χ0) is 36.9. The van der Waals surface area contributed by atoms with Gasteiger partial charge in [-0.25, -0.2) is 9.97 Å². The maximum Gasteiger partial charge on any atom is 0.394 e. The van der Waals surface area contributed by atoms with E-state index in [0.717, 1.165) is 61.5 Å². The van der Waals surface area contributed by atoms with Crippen LogP contribution in [0.15, 0.2) is 36.4 Å². The molecule has 52 heavy (non-hydrogen) atoms. The first kappa shape index (κ1) is 37.1. The first-order chi connectivity index (χ1) is 24.6. The van der Waals surface area contributed by atoms with Gasteiger partial charge in [-0.2, -0.15) is 13.2 Å². The second kappa shape index (κ2) is 13.9. The predicted molar refractivity (Wildman–Crippen MR) is 191 cm³/mol. The number of nitrogens with two attached hydrogens (primary N) is 1. The molecule has 13 heteroatoms. The van der Waals surface area contributed by atoms with Crippen LogP contribution in [0, 0.1) is 10.8 Å². The minimum absolute atomic E-state index is 0.117. The van der Waals surface area contributed by atoms with Crippen LogP contribution in [0.2, 0.25) is 0 Å². The number of fused-ring (bicyclic) bond motifs is 1. The van der Waals surface area contributed by atoms with Crippen molar-refractivity contribution >= 4 is 16.9 Å². The van der Waals surface area contributed by atoms with Crippen LogP contribution >= 0.6 is 0 Å². The fourth-order valence-corrected chi connectivity index (χ4v) is 8.26. The molecule has 2 bridgehead atoms. The number of hydrogen-bond acceptors (Lipinski definition) is 8. The average molecular weight is 727 g/mol. The molecule has 2 atom stereocenters. The quantitative estimate of drug-likeness (QED) is 0.186. The van der Waals surface area contributed by atoms with Gasteiger partial charge in [-0.15, -0.1) is 0 Å². The second-order valence-electron chi connectivity index (χ2n) is 16.8. The largest absolute Gasteiger partial charge is 0.477 e. The SMILES string of the molecule is CCC(C)(COC(C)(C)CN)NC(=O)c1ccc2nc(CN3CCC(c4cccc(OCC56CC(C(F)(F)F)(C5)C6)n4)CC3)n(CC3CCO3)c2c1. The lowest BCUT2D eigenvalue weighted by atomic mass is 9.35. The van der Waals surface area contributed by atoms with Gasteiger partial charge in [0.1, 0.15) is 5.82 Å². The molecule has 2 aromatic heterocycles. The first-order valence-corrected chi connectivity index (χ1v) is 18.8. The molecule has 3 N–H and O–H groups in total. The summed E-state index contributed by atoms with van der Waals surface area (Å²) < 4.78 is 59.9. The highest BCUT2D eigenvalue weighted by Gasteiger charge is 2.78. The van der Waals surface area contributed by atoms with E-state index < -0.39 is 22.7 Å². The molecule has 5 fully saturated rings. The number of carbonyl (C=O) groups is 1. The van der Waals surface area contributed by atoms with Crippen molar-refractivity contribution in [1.82, 2.24) is 24.8 Å². The zero-order valence-corrected chi connectivity index (χ0v) is 30.9. The summed E-state index contributed by atoms with van der Waals surface area (Å²) in [5.41, 5.74) is 6.31. The number of alkyl halides is 3. The number of piperidine rings is 1. The van der Waals surface area contributed by atoms with Gasteiger partial charge in [0.25, 0.3) is 5.91 Å². The number of pyridine rings is 1. The maximum atomic E-state index is 13.6. The van der Waals surface area contributed by atoms with Crippen molar-refractivity contribution < 1.29 is 32.2 Å². The van der Waals surface area contributed by atoms with E-state index in [2.05, 4.69) is 14.8 Å². The molecule has 5 aliphatic rings. The minimum Gasteiger partial charge on any atom is -0.477 e. The van der Waals surface area contributed by atoms with Gasteiger partial charge in [0, 0.05) is 41.8 Å². The molecule has 1 amide bonds. The third-order valence-corrected chi connectivity index (χ3v) is 12.1. The van der Waals surface area contributed by atoms with E-state index in [1.54, 1.807) is 6.07 Å². The number of nitrogens with zero attached hydrogens (tertiary/aromatic N) is 4. The molecule has 1 aromatic carbocycles. The summed E-state index contributed by atoms with van der Waals surface area (Å²) in [4.78, 5) is 25.8. The molecular weight excluding hydrogens is 673 g/mol. The molecule has 2 aliphatic heterocycles. The van der Waals surface area contributed by atoms with Crippen LogP contribution in [-0.2, 0) is 22.6 Å². The summed E-state index contributed by atoms with van der Waals surface area (Å²) in [7, 11) is 0. The van der Waals surface area contributed by atoms with Crippen LogP contribution in [0.5, 0.6) is 5.88 Å². The number of rotatable bonds is 15. The Morgan fingerprint density at radius 2 is 1.81 bits per heavy atom. The number of benzene rings is 1. The third kappa shape index (κ3) is 7.43. The lowest BCUT2D eigenvalue weighted by molar-refractivity contribution is -0.367. The number of ether oxygens (including phenoxy) is 3. The van der Waals surface area contributed by atoms with Gasteiger partial charge < -0.3 is 29.8 Å². The normalized spacial score (nSPS) is 26.3. The molecule has 0 spiro atoms. The number of imidazole rings is 1. The number of halogens is 3. The van der Waals surface area contributed by atoms with Gasteiger partial charge in [0.15, 0.2) is 0 Å². The highest BCUT2D eigenvalue weighted by molar-refractivity contribution is 5.98. The standard InChI is InChI=1S/C39H53F3N6O4/c1-5-36(4,24-52-35(2,3)23-43)46-34(49)27-9-10-30-31(17-27)48(18-28-13-16-50-28)32(44-30)19-47-14-11-26(12-15-47)29-7-6-8-33(45-29)51-25-37-20-38(21-37,22-37)39(40,41)42/h6-10,17,26,28H,5,11-16,18-25,43H2,1-4H3,(H,46,49). The van der Waals surface area contributed by atoms with Crippen LogP contribution in [-0.4, -0.2) is 88.2 Å². The summed E-state index contributed by atoms with van der Waals surface area (Å²) in [6.07, 6.45) is 0.0473. The van der Waals surface area contributed by atoms with Gasteiger partial charge in [-0.3, -0.25) is 9.69 Å². The van der Waals surface area contributed by atoms with E-state index in [9.17, 15) is 18.0 Å². The van der Waals surface area contributed by atoms with Crippen LogP contribution in [0.25, 0.3) is 11.0 Å². The van der Waals surface area contributed by atoms with Crippen molar-refractivity contribution in [2.45, 2.75) is 115 Å². The van der Waals surface area contributed by atoms with E-state index in [1.165, 1.54) is 0 Å². The Labute approximate surface area is 304 Å². The number of carbonyl (C=O) groups excluding carboxylic acids is 1. The number of amides is 1. The fraction of sp³-hybridized carbons (Fsp3) is 0.667. The smallest absolute Gasteiger partial charge is 0.394 e. The van der Waals surface area contributed by atoms with Gasteiger partial charge >= 0.3 is 6.18 Å². The molecular formula is C39H53F3N6O4. The van der Waals surface area contributed by atoms with E-state index >= 15 is 0 Å². The Kier molecular flexibility index (Phi) is 9.88. The Morgan fingerprint density at radius 3 is 2.44 bits per heavy atom. The highest BCUT2D eigenvalue weighted by Crippen LogP contribution is 2.78.